The highest BCUT2D eigenvalue weighted by Crippen LogP contribution is 2.64. The molecule has 0 saturated heterocycles. The van der Waals surface area contributed by atoms with Crippen LogP contribution in [0, 0.1) is 11.3 Å². The summed E-state index contributed by atoms with van der Waals surface area (Å²) in [6.07, 6.45) is 0. The zero-order valence-corrected chi connectivity index (χ0v) is 32.1. The number of hydrogen-bond donors (Lipinski definition) is 0. The molecule has 0 amide bonds. The van der Waals surface area contributed by atoms with Crippen LogP contribution in [0.15, 0.2) is 210 Å². The second-order valence-electron chi connectivity index (χ2n) is 14.8. The van der Waals surface area contributed by atoms with Crippen LogP contribution in [0.1, 0.15) is 27.8 Å². The molecular weight excluding hydrogens is 723 g/mol. The Balaban J connectivity index is 1.08. The third kappa shape index (κ3) is 5.29. The summed E-state index contributed by atoms with van der Waals surface area (Å²) < 4.78 is 0. The monoisotopic (exact) mass is 755 g/mol. The van der Waals surface area contributed by atoms with Crippen LogP contribution in [0.3, 0.4) is 0 Å². The fourth-order valence-corrected chi connectivity index (χ4v) is 10.4. The Morgan fingerprint density at radius 3 is 1.62 bits per heavy atom. The number of nitrogens with zero attached hydrogens (tertiary/aromatic N) is 3. The van der Waals surface area contributed by atoms with Crippen LogP contribution >= 0.6 is 11.8 Å². The second kappa shape index (κ2) is 13.7. The highest BCUT2D eigenvalue weighted by Gasteiger charge is 2.51. The lowest BCUT2D eigenvalue weighted by Crippen LogP contribution is -2.32. The second-order valence-corrected chi connectivity index (χ2v) is 15.8. The molecule has 1 aromatic heterocycles. The van der Waals surface area contributed by atoms with Crippen molar-refractivity contribution in [1.29, 1.82) is 5.26 Å². The topological polar surface area (TPSA) is 49.6 Å². The van der Waals surface area contributed by atoms with Crippen LogP contribution in [0.2, 0.25) is 0 Å². The number of rotatable bonds is 5. The van der Waals surface area contributed by atoms with E-state index in [0.29, 0.717) is 11.4 Å². The Kier molecular flexibility index (Phi) is 8.03. The predicted molar refractivity (Wildman–Crippen MR) is 235 cm³/mol. The van der Waals surface area contributed by atoms with Crippen molar-refractivity contribution in [3.8, 4) is 73.4 Å². The van der Waals surface area contributed by atoms with E-state index in [9.17, 15) is 5.26 Å². The van der Waals surface area contributed by atoms with Crippen LogP contribution in [0.5, 0.6) is 0 Å². The van der Waals surface area contributed by atoms with Crippen LogP contribution in [-0.2, 0) is 5.41 Å². The first-order valence-electron chi connectivity index (χ1n) is 19.5. The maximum Gasteiger partial charge on any atom is 0.160 e. The molecule has 0 N–H and O–H groups in total. The summed E-state index contributed by atoms with van der Waals surface area (Å²) in [5.41, 5.74) is 17.2. The average molecular weight is 756 g/mol. The van der Waals surface area contributed by atoms with E-state index in [0.717, 1.165) is 39.2 Å². The molecule has 1 aliphatic heterocycles. The fourth-order valence-electron chi connectivity index (χ4n) is 9.05. The fraction of sp³-hybridized carbons (Fsp3) is 0.0185. The average Bonchev–Trinajstić information content (AvgIpc) is 3.60. The first-order chi connectivity index (χ1) is 28.7. The molecule has 1 aliphatic carbocycles. The number of benzene rings is 8. The Bertz CT molecular complexity index is 3020. The molecule has 0 fully saturated rings. The molecule has 2 aliphatic rings. The molecule has 8 aromatic carbocycles. The van der Waals surface area contributed by atoms with Crippen molar-refractivity contribution in [2.24, 2.45) is 0 Å². The van der Waals surface area contributed by atoms with Crippen molar-refractivity contribution >= 4 is 11.8 Å². The molecule has 1 atom stereocenters. The summed E-state index contributed by atoms with van der Waals surface area (Å²) in [5.74, 6) is 0.696. The molecule has 2 heterocycles. The van der Waals surface area contributed by atoms with Gasteiger partial charge < -0.3 is 0 Å². The van der Waals surface area contributed by atoms with Crippen LogP contribution in [0.25, 0.3) is 67.3 Å². The van der Waals surface area contributed by atoms with Gasteiger partial charge in [0.2, 0.25) is 0 Å². The van der Waals surface area contributed by atoms with Crippen LogP contribution in [-0.4, -0.2) is 9.97 Å². The lowest BCUT2D eigenvalue weighted by molar-refractivity contribution is 0.723. The zero-order chi connectivity index (χ0) is 38.6. The van der Waals surface area contributed by atoms with Gasteiger partial charge in [-0.05, 0) is 79.9 Å². The van der Waals surface area contributed by atoms with Crippen molar-refractivity contribution in [3.63, 3.8) is 0 Å². The number of hydrogen-bond acceptors (Lipinski definition) is 4. The van der Waals surface area contributed by atoms with E-state index in [1.54, 1.807) is 0 Å². The maximum absolute atomic E-state index is 9.55. The lowest BCUT2D eigenvalue weighted by Gasteiger charge is -2.40. The van der Waals surface area contributed by atoms with Gasteiger partial charge in [-0.15, -0.1) is 0 Å². The van der Waals surface area contributed by atoms with E-state index >= 15 is 0 Å². The highest BCUT2D eigenvalue weighted by molar-refractivity contribution is 7.99. The van der Waals surface area contributed by atoms with E-state index in [-0.39, 0.29) is 0 Å². The van der Waals surface area contributed by atoms with Gasteiger partial charge in [0.1, 0.15) is 0 Å². The van der Waals surface area contributed by atoms with Gasteiger partial charge in [-0.25, -0.2) is 9.97 Å². The summed E-state index contributed by atoms with van der Waals surface area (Å²) in [6.45, 7) is 0. The summed E-state index contributed by atoms with van der Waals surface area (Å²) in [4.78, 5) is 12.7. The molecule has 0 radical (unpaired) electrons. The minimum Gasteiger partial charge on any atom is -0.228 e. The van der Waals surface area contributed by atoms with Crippen LogP contribution in [0.4, 0.5) is 0 Å². The molecule has 3 nitrogen and oxygen atoms in total. The van der Waals surface area contributed by atoms with Gasteiger partial charge in [0.25, 0.3) is 0 Å². The molecule has 9 aromatic rings. The molecule has 0 saturated carbocycles. The quantitative estimate of drug-likeness (QED) is 0.175. The normalized spacial score (nSPS) is 14.5. The highest BCUT2D eigenvalue weighted by atomic mass is 32.2. The molecule has 0 bridgehead atoms. The van der Waals surface area contributed by atoms with Gasteiger partial charge in [0.15, 0.2) is 5.82 Å². The third-order valence-electron chi connectivity index (χ3n) is 11.6. The molecule has 4 heteroatoms. The summed E-state index contributed by atoms with van der Waals surface area (Å²) >= 11 is 1.86. The SMILES string of the molecule is N#Cc1ccc(-c2cccc3c2-c2ccccc2C32c3ccccc3Sc3c(-c4ccc(-c5nc(-c6ccccc6)cc(-c6ccccc6)n5)cc4)cccc32)cc1. The molecule has 58 heavy (non-hydrogen) atoms. The zero-order valence-electron chi connectivity index (χ0n) is 31.3. The van der Waals surface area contributed by atoms with Gasteiger partial charge in [0.05, 0.1) is 28.4 Å². The van der Waals surface area contributed by atoms with Gasteiger partial charge in [0, 0.05) is 26.5 Å². The van der Waals surface area contributed by atoms with Gasteiger partial charge in [-0.2, -0.15) is 5.26 Å². The minimum atomic E-state index is -0.527. The van der Waals surface area contributed by atoms with Gasteiger partial charge >= 0.3 is 0 Å². The molecule has 1 unspecified atom stereocenters. The van der Waals surface area contributed by atoms with Crippen LogP contribution < -0.4 is 0 Å². The molecular formula is C54H33N3S. The molecule has 270 valence electrons. The van der Waals surface area contributed by atoms with Gasteiger partial charge in [-0.1, -0.05) is 188 Å². The Morgan fingerprint density at radius 1 is 0.414 bits per heavy atom. The summed E-state index contributed by atoms with van der Waals surface area (Å²) in [5, 5.41) is 9.55. The Morgan fingerprint density at radius 2 is 0.931 bits per heavy atom. The van der Waals surface area contributed by atoms with E-state index in [4.69, 9.17) is 9.97 Å². The number of nitriles is 1. The van der Waals surface area contributed by atoms with Crippen molar-refractivity contribution in [2.45, 2.75) is 15.2 Å². The summed E-state index contributed by atoms with van der Waals surface area (Å²) in [7, 11) is 0. The first kappa shape index (κ1) is 34.0. The predicted octanol–water partition coefficient (Wildman–Crippen LogP) is 13.5. The van der Waals surface area contributed by atoms with Crippen molar-refractivity contribution in [3.05, 3.63) is 228 Å². The minimum absolute atomic E-state index is 0.527. The molecule has 11 rings (SSSR count). The van der Waals surface area contributed by atoms with E-state index < -0.39 is 5.41 Å². The smallest absolute Gasteiger partial charge is 0.160 e. The van der Waals surface area contributed by atoms with E-state index in [1.165, 1.54) is 54.3 Å². The van der Waals surface area contributed by atoms with E-state index in [1.807, 2.05) is 60.3 Å². The number of fused-ring (bicyclic) bond motifs is 9. The Hall–Kier alpha value is -7.32. The standard InChI is InChI=1S/C54H33N3S/c55-34-35-25-27-36(28-26-35)41-18-11-22-46-51(41)43-17-7-8-20-44(43)54(46)45-21-9-10-24-50(45)58-52-42(19-12-23-47(52)54)37-29-31-40(32-30-37)53-56-48(38-13-3-1-4-14-38)33-49(57-53)39-15-5-2-6-16-39/h1-33H. The van der Waals surface area contributed by atoms with Gasteiger partial charge in [-0.3, -0.25) is 0 Å². The first-order valence-corrected chi connectivity index (χ1v) is 20.3. The third-order valence-corrected chi connectivity index (χ3v) is 12.9. The summed E-state index contributed by atoms with van der Waals surface area (Å²) in [6, 6.07) is 73.2. The molecule has 1 spiro atoms. The largest absolute Gasteiger partial charge is 0.228 e. The number of aromatic nitrogens is 2. The maximum atomic E-state index is 9.55. The Labute approximate surface area is 342 Å². The van der Waals surface area contributed by atoms with Crippen molar-refractivity contribution < 1.29 is 0 Å². The van der Waals surface area contributed by atoms with Crippen molar-refractivity contribution in [1.82, 2.24) is 9.97 Å². The van der Waals surface area contributed by atoms with E-state index in [2.05, 4.69) is 158 Å². The van der Waals surface area contributed by atoms with Crippen molar-refractivity contribution in [2.75, 3.05) is 0 Å². The lowest BCUT2D eigenvalue weighted by atomic mass is 9.67.